The third-order valence-electron chi connectivity index (χ3n) is 14.2. The van der Waals surface area contributed by atoms with Crippen molar-refractivity contribution in [1.29, 1.82) is 0 Å². The van der Waals surface area contributed by atoms with Gasteiger partial charge in [-0.05, 0) is 107 Å². The lowest BCUT2D eigenvalue weighted by molar-refractivity contribution is 0.0386. The molecule has 4 aliphatic heterocycles. The van der Waals surface area contributed by atoms with E-state index in [1.54, 1.807) is 12.4 Å². The molecule has 20 nitrogen and oxygen atoms in total. The van der Waals surface area contributed by atoms with Crippen LogP contribution in [0.4, 0.5) is 9.59 Å². The van der Waals surface area contributed by atoms with Crippen LogP contribution < -0.4 is 33.6 Å². The van der Waals surface area contributed by atoms with E-state index in [1.807, 2.05) is 21.8 Å². The number of likely N-dealkylation sites (tertiary alicyclic amines) is 4. The van der Waals surface area contributed by atoms with Crippen molar-refractivity contribution in [2.75, 3.05) is 66.6 Å². The Labute approximate surface area is 409 Å². The maximum Gasteiger partial charge on any atom is 0.407 e. The van der Waals surface area contributed by atoms with Gasteiger partial charge in [0.2, 0.25) is 0 Å². The first-order chi connectivity index (χ1) is 31.3. The second-order valence-electron chi connectivity index (χ2n) is 23.9. The van der Waals surface area contributed by atoms with Gasteiger partial charge in [0.05, 0.1) is 50.8 Å². The molecule has 6 rings (SSSR count). The number of carbonyl (C=O) groups is 2. The molecule has 4 saturated heterocycles. The van der Waals surface area contributed by atoms with Gasteiger partial charge in [0.1, 0.15) is 0 Å². The molecule has 0 aromatic carbocycles. The molecular weight excluding hydrogens is 865 g/mol. The Hall–Kier alpha value is -3.50. The molecule has 6 heterocycles. The number of rotatable bonds is 4. The van der Waals surface area contributed by atoms with Gasteiger partial charge in [-0.25, -0.2) is 19.0 Å². The topological polar surface area (TPSA) is 255 Å². The number of hydrogen-bond acceptors (Lipinski definition) is 16. The fourth-order valence-electron chi connectivity index (χ4n) is 10.0. The first kappa shape index (κ1) is 58.8. The van der Waals surface area contributed by atoms with Crippen LogP contribution in [-0.4, -0.2) is 187 Å². The summed E-state index contributed by atoms with van der Waals surface area (Å²) >= 11 is 0. The minimum absolute atomic E-state index is 0.0129. The quantitative estimate of drug-likeness (QED) is 0.257. The number of carbonyl (C=O) groups excluding carboxylic acids is 2. The molecule has 0 aliphatic carbocycles. The molecule has 2 aromatic heterocycles. The number of nitrogens with two attached hydrogens (primary N) is 4. The molecule has 0 saturated carbocycles. The summed E-state index contributed by atoms with van der Waals surface area (Å²) < 4.78 is 13.1. The minimum Gasteiger partial charge on any atom is -0.453 e. The van der Waals surface area contributed by atoms with Gasteiger partial charge in [0.15, 0.2) is 0 Å². The Kier molecular flexibility index (Phi) is 21.2. The number of hydrogen-bond donors (Lipinski definition) is 6. The molecule has 0 unspecified atom stereocenters. The maximum atomic E-state index is 11.2. The molecular formula is C48H96N16O4. The van der Waals surface area contributed by atoms with Crippen molar-refractivity contribution in [3.05, 3.63) is 24.8 Å². The van der Waals surface area contributed by atoms with Crippen molar-refractivity contribution in [2.24, 2.45) is 46.6 Å². The summed E-state index contributed by atoms with van der Waals surface area (Å²) in [6, 6.07) is 0.600. The van der Waals surface area contributed by atoms with Crippen molar-refractivity contribution in [2.45, 2.75) is 181 Å². The summed E-state index contributed by atoms with van der Waals surface area (Å²) in [5.41, 5.74) is 25.5. The number of aromatic nitrogens is 6. The molecule has 0 radical (unpaired) electrons. The molecule has 2 amide bonds. The second-order valence-corrected chi connectivity index (χ2v) is 23.9. The average Bonchev–Trinajstić information content (AvgIpc) is 3.95. The predicted molar refractivity (Wildman–Crippen MR) is 271 cm³/mol. The van der Waals surface area contributed by atoms with E-state index in [4.69, 9.17) is 22.9 Å². The van der Waals surface area contributed by atoms with E-state index in [2.05, 4.69) is 171 Å². The number of piperidine rings is 4. The summed E-state index contributed by atoms with van der Waals surface area (Å²) in [6.07, 6.45) is 6.45. The SMILES string of the molecule is COC(=O)N[C@@H]1[C@H](N)CN(C(C)(C)C)C[C@@H]1C.COC(=O)N[C@H]1[C@H](N)CN(C(C)(C)C)C[C@@H]1C.C[C@H]1CN(C(C)(C)C)C[C@@H](N)[C@@H]1n1ccnn1.C[C@H]1CN(C(C)(C)C)C[C@@H](N)[C@H]1n1ccnn1. The third-order valence-corrected chi connectivity index (χ3v) is 14.2. The second kappa shape index (κ2) is 24.6. The van der Waals surface area contributed by atoms with E-state index in [1.165, 1.54) is 14.2 Å². The molecule has 10 N–H and O–H groups in total. The standard InChI is InChI=1S/2C12H23N5.2C12H25N3O2/c2*1-9-7-16(12(2,3)4)8-10(13)11(9)17-6-5-14-15-17;2*1-8-6-15(12(2,3)4)7-9(13)10(8)14-11(16)17-5/h2*5-6,9-11H,7-8,13H2,1-4H3;2*8-10H,6-7,13H2,1-5H3,(H,14,16)/t9-,10+,11+;9-,10+,11-;8-,9+,10+;8-,9+,10-/m0000/s1. The Morgan fingerprint density at radius 3 is 0.941 bits per heavy atom. The summed E-state index contributed by atoms with van der Waals surface area (Å²) in [4.78, 5) is 32.1. The highest BCUT2D eigenvalue weighted by Gasteiger charge is 2.41. The highest BCUT2D eigenvalue weighted by Crippen LogP contribution is 2.32. The molecule has 20 heteroatoms. The number of nitrogens with zero attached hydrogens (tertiary/aromatic N) is 10. The highest BCUT2D eigenvalue weighted by atomic mass is 16.5. The largest absolute Gasteiger partial charge is 0.453 e. The van der Waals surface area contributed by atoms with E-state index >= 15 is 0 Å². The average molecular weight is 961 g/mol. The van der Waals surface area contributed by atoms with Crippen LogP contribution in [0.15, 0.2) is 24.8 Å². The smallest absolute Gasteiger partial charge is 0.407 e. The molecule has 12 atom stereocenters. The van der Waals surface area contributed by atoms with Crippen molar-refractivity contribution in [3.8, 4) is 0 Å². The number of ether oxygens (including phenoxy) is 2. The van der Waals surface area contributed by atoms with E-state index in [-0.39, 0.29) is 70.5 Å². The van der Waals surface area contributed by atoms with E-state index in [9.17, 15) is 9.59 Å². The predicted octanol–water partition coefficient (Wildman–Crippen LogP) is 3.37. The van der Waals surface area contributed by atoms with Gasteiger partial charge in [-0.1, -0.05) is 38.1 Å². The van der Waals surface area contributed by atoms with E-state index in [0.717, 1.165) is 52.4 Å². The van der Waals surface area contributed by atoms with Gasteiger partial charge >= 0.3 is 12.2 Å². The van der Waals surface area contributed by atoms with Crippen LogP contribution in [0.2, 0.25) is 0 Å². The maximum absolute atomic E-state index is 11.2. The van der Waals surface area contributed by atoms with Gasteiger partial charge in [-0.2, -0.15) is 0 Å². The number of amides is 2. The van der Waals surface area contributed by atoms with Crippen LogP contribution >= 0.6 is 0 Å². The van der Waals surface area contributed by atoms with Gasteiger partial charge in [0.25, 0.3) is 0 Å². The Morgan fingerprint density at radius 2 is 0.735 bits per heavy atom. The Balaban J connectivity index is 0.000000240. The van der Waals surface area contributed by atoms with Gasteiger partial charge < -0.3 is 43.0 Å². The van der Waals surface area contributed by atoms with Gasteiger partial charge in [-0.15, -0.1) is 10.2 Å². The van der Waals surface area contributed by atoms with E-state index < -0.39 is 12.2 Å². The molecule has 392 valence electrons. The monoisotopic (exact) mass is 961 g/mol. The molecule has 2 aromatic rings. The summed E-state index contributed by atoms with van der Waals surface area (Å²) in [5, 5.41) is 21.6. The Bertz CT molecular complexity index is 1600. The van der Waals surface area contributed by atoms with Gasteiger partial charge in [0, 0.05) is 111 Å². The first-order valence-electron chi connectivity index (χ1n) is 24.7. The molecule has 4 fully saturated rings. The summed E-state index contributed by atoms with van der Waals surface area (Å²) in [5.74, 6) is 1.61. The van der Waals surface area contributed by atoms with E-state index in [0.29, 0.717) is 23.7 Å². The van der Waals surface area contributed by atoms with Crippen molar-refractivity contribution in [3.63, 3.8) is 0 Å². The normalized spacial score (nSPS) is 31.4. The lowest BCUT2D eigenvalue weighted by Gasteiger charge is -2.46. The first-order valence-corrected chi connectivity index (χ1v) is 24.7. The number of alkyl carbamates (subject to hydrolysis) is 2. The summed E-state index contributed by atoms with van der Waals surface area (Å²) in [7, 11) is 2.74. The zero-order valence-electron chi connectivity index (χ0n) is 45.3. The van der Waals surface area contributed by atoms with Crippen molar-refractivity contribution in [1.82, 2.24) is 60.2 Å². The zero-order valence-corrected chi connectivity index (χ0v) is 45.3. The number of methoxy groups -OCH3 is 2. The lowest BCUT2D eigenvalue weighted by Crippen LogP contribution is -2.64. The fraction of sp³-hybridized carbons (Fsp3) is 0.875. The lowest BCUT2D eigenvalue weighted by atomic mass is 9.87. The third kappa shape index (κ3) is 16.8. The van der Waals surface area contributed by atoms with Crippen LogP contribution in [0.3, 0.4) is 0 Å². The minimum atomic E-state index is -0.401. The van der Waals surface area contributed by atoms with Crippen LogP contribution in [0, 0.1) is 23.7 Å². The van der Waals surface area contributed by atoms with Crippen LogP contribution in [0.25, 0.3) is 0 Å². The van der Waals surface area contributed by atoms with Crippen LogP contribution in [0.5, 0.6) is 0 Å². The van der Waals surface area contributed by atoms with Crippen LogP contribution in [0.1, 0.15) is 123 Å². The van der Waals surface area contributed by atoms with Gasteiger partial charge in [-0.3, -0.25) is 19.6 Å². The molecule has 0 spiro atoms. The van der Waals surface area contributed by atoms with Crippen molar-refractivity contribution >= 4 is 12.2 Å². The molecule has 0 bridgehead atoms. The van der Waals surface area contributed by atoms with Crippen molar-refractivity contribution < 1.29 is 19.1 Å². The fourth-order valence-corrected chi connectivity index (χ4v) is 10.0. The Morgan fingerprint density at radius 1 is 0.471 bits per heavy atom. The van der Waals surface area contributed by atoms with Crippen LogP contribution in [-0.2, 0) is 9.47 Å². The highest BCUT2D eigenvalue weighted by molar-refractivity contribution is 5.68. The summed E-state index contributed by atoms with van der Waals surface area (Å²) in [6.45, 7) is 42.6. The zero-order chi connectivity index (χ0) is 51.7. The molecule has 68 heavy (non-hydrogen) atoms. The molecule has 4 aliphatic rings. The number of nitrogens with one attached hydrogen (secondary N) is 2.